The van der Waals surface area contributed by atoms with Crippen molar-refractivity contribution in [2.24, 2.45) is 0 Å². The second kappa shape index (κ2) is 4.04. The van der Waals surface area contributed by atoms with Crippen LogP contribution in [0.5, 0.6) is 0 Å². The highest BCUT2D eigenvalue weighted by atomic mass is 14.7. The molecule has 1 nitrogen and oxygen atoms in total. The van der Waals surface area contributed by atoms with Crippen LogP contribution in [0.15, 0.2) is 54.7 Å². The van der Waals surface area contributed by atoms with Gasteiger partial charge in [-0.1, -0.05) is 48.5 Å². The zero-order valence-electron chi connectivity index (χ0n) is 11.6. The molecule has 0 unspecified atom stereocenters. The summed E-state index contributed by atoms with van der Waals surface area (Å²) in [4.78, 5) is 4.56. The molecule has 0 spiro atoms. The number of nitrogens with zero attached hydrogens (tertiary/aromatic N) is 1. The Morgan fingerprint density at radius 3 is 1.75 bits per heavy atom. The Hall–Kier alpha value is -2.41. The molecular formula is C19H15N. The van der Waals surface area contributed by atoms with Gasteiger partial charge < -0.3 is 0 Å². The van der Waals surface area contributed by atoms with Crippen LogP contribution in [-0.4, -0.2) is 4.98 Å². The van der Waals surface area contributed by atoms with Crippen LogP contribution in [0.1, 0.15) is 11.3 Å². The molecular weight excluding hydrogens is 242 g/mol. The molecule has 1 heteroatoms. The smallest absolute Gasteiger partial charge is 0.0457 e. The van der Waals surface area contributed by atoms with E-state index in [1.165, 1.54) is 37.9 Å². The topological polar surface area (TPSA) is 12.9 Å². The SMILES string of the molecule is Cc1cnc(C)c2c3ccccc3c3ccccc3c12. The van der Waals surface area contributed by atoms with Crippen LogP contribution in [0.3, 0.4) is 0 Å². The van der Waals surface area contributed by atoms with E-state index in [1.54, 1.807) is 0 Å². The molecule has 0 saturated heterocycles. The lowest BCUT2D eigenvalue weighted by atomic mass is 9.92. The summed E-state index contributed by atoms with van der Waals surface area (Å²) < 4.78 is 0. The molecule has 0 saturated carbocycles. The van der Waals surface area contributed by atoms with E-state index in [-0.39, 0.29) is 0 Å². The maximum absolute atomic E-state index is 4.56. The van der Waals surface area contributed by atoms with Gasteiger partial charge >= 0.3 is 0 Å². The Kier molecular flexibility index (Phi) is 2.31. The molecule has 0 N–H and O–H groups in total. The molecule has 3 aromatic carbocycles. The summed E-state index contributed by atoms with van der Waals surface area (Å²) in [5.74, 6) is 0. The molecule has 1 heterocycles. The maximum Gasteiger partial charge on any atom is 0.0457 e. The predicted molar refractivity (Wildman–Crippen MR) is 86.2 cm³/mol. The Bertz CT molecular complexity index is 887. The predicted octanol–water partition coefficient (Wildman–Crippen LogP) is 5.16. The number of fused-ring (bicyclic) bond motifs is 6. The van der Waals surface area contributed by atoms with E-state index in [0.717, 1.165) is 5.69 Å². The third kappa shape index (κ3) is 1.41. The van der Waals surface area contributed by atoms with Crippen LogP contribution < -0.4 is 0 Å². The van der Waals surface area contributed by atoms with Crippen LogP contribution in [0.4, 0.5) is 0 Å². The van der Waals surface area contributed by atoms with Crippen molar-refractivity contribution in [3.8, 4) is 0 Å². The largest absolute Gasteiger partial charge is 0.261 e. The minimum absolute atomic E-state index is 1.10. The lowest BCUT2D eigenvalue weighted by molar-refractivity contribution is 1.21. The number of aryl methyl sites for hydroxylation is 2. The van der Waals surface area contributed by atoms with Gasteiger partial charge in [-0.05, 0) is 46.3 Å². The van der Waals surface area contributed by atoms with Crippen molar-refractivity contribution in [1.82, 2.24) is 4.98 Å². The fraction of sp³-hybridized carbons (Fsp3) is 0.105. The van der Waals surface area contributed by atoms with E-state index in [4.69, 9.17) is 0 Å². The normalized spacial score (nSPS) is 11.5. The molecule has 0 radical (unpaired) electrons. The van der Waals surface area contributed by atoms with Gasteiger partial charge in [0.1, 0.15) is 0 Å². The molecule has 0 aliphatic carbocycles. The minimum atomic E-state index is 1.10. The fourth-order valence-electron chi connectivity index (χ4n) is 3.25. The lowest BCUT2D eigenvalue weighted by Gasteiger charge is -2.13. The van der Waals surface area contributed by atoms with E-state index in [0.29, 0.717) is 0 Å². The molecule has 0 aliphatic heterocycles. The molecule has 1 aromatic heterocycles. The van der Waals surface area contributed by atoms with Crippen molar-refractivity contribution in [3.05, 3.63) is 66.0 Å². The summed E-state index contributed by atoms with van der Waals surface area (Å²) in [6.07, 6.45) is 1.98. The molecule has 20 heavy (non-hydrogen) atoms. The summed E-state index contributed by atoms with van der Waals surface area (Å²) in [5, 5.41) is 7.89. The van der Waals surface area contributed by atoms with E-state index < -0.39 is 0 Å². The summed E-state index contributed by atoms with van der Waals surface area (Å²) in [6.45, 7) is 4.25. The third-order valence-corrected chi connectivity index (χ3v) is 4.14. The quantitative estimate of drug-likeness (QED) is 0.397. The number of hydrogen-bond acceptors (Lipinski definition) is 1. The molecule has 0 fully saturated rings. The van der Waals surface area contributed by atoms with E-state index >= 15 is 0 Å². The van der Waals surface area contributed by atoms with Crippen molar-refractivity contribution in [3.63, 3.8) is 0 Å². The summed E-state index contributed by atoms with van der Waals surface area (Å²) in [7, 11) is 0. The second-order valence-corrected chi connectivity index (χ2v) is 5.37. The molecule has 0 bridgehead atoms. The van der Waals surface area contributed by atoms with E-state index in [1.807, 2.05) is 6.20 Å². The zero-order chi connectivity index (χ0) is 13.7. The molecule has 4 aromatic rings. The standard InChI is InChI=1S/C19H15N/c1-12-11-20-13(2)19-17-10-6-4-8-15(17)14-7-3-5-9-16(14)18(12)19/h3-11H,1-2H3. The number of benzene rings is 3. The lowest BCUT2D eigenvalue weighted by Crippen LogP contribution is -1.91. The van der Waals surface area contributed by atoms with Crippen molar-refractivity contribution >= 4 is 32.3 Å². The van der Waals surface area contributed by atoms with Crippen molar-refractivity contribution in [1.29, 1.82) is 0 Å². The summed E-state index contributed by atoms with van der Waals surface area (Å²) in [6, 6.07) is 17.3. The number of pyridine rings is 1. The first-order chi connectivity index (χ1) is 9.77. The van der Waals surface area contributed by atoms with Crippen molar-refractivity contribution in [2.45, 2.75) is 13.8 Å². The summed E-state index contributed by atoms with van der Waals surface area (Å²) in [5.41, 5.74) is 2.35. The Morgan fingerprint density at radius 1 is 0.650 bits per heavy atom. The molecule has 96 valence electrons. The highest BCUT2D eigenvalue weighted by molar-refractivity contribution is 6.26. The maximum atomic E-state index is 4.56. The number of aromatic nitrogens is 1. The van der Waals surface area contributed by atoms with Gasteiger partial charge in [-0.2, -0.15) is 0 Å². The first-order valence-corrected chi connectivity index (χ1v) is 6.93. The first kappa shape index (κ1) is 11.4. The average molecular weight is 257 g/mol. The molecule has 0 amide bonds. The van der Waals surface area contributed by atoms with Crippen LogP contribution in [0, 0.1) is 13.8 Å². The zero-order valence-corrected chi connectivity index (χ0v) is 11.6. The molecule has 4 rings (SSSR count). The third-order valence-electron chi connectivity index (χ3n) is 4.14. The monoisotopic (exact) mass is 257 g/mol. The number of rotatable bonds is 0. The van der Waals surface area contributed by atoms with Crippen LogP contribution >= 0.6 is 0 Å². The molecule has 0 aliphatic rings. The van der Waals surface area contributed by atoms with Gasteiger partial charge in [0.05, 0.1) is 0 Å². The second-order valence-electron chi connectivity index (χ2n) is 5.37. The Labute approximate surface area is 117 Å². The van der Waals surface area contributed by atoms with Crippen molar-refractivity contribution < 1.29 is 0 Å². The number of hydrogen-bond donors (Lipinski definition) is 0. The van der Waals surface area contributed by atoms with Gasteiger partial charge in [0, 0.05) is 17.3 Å². The van der Waals surface area contributed by atoms with Crippen LogP contribution in [-0.2, 0) is 0 Å². The van der Waals surface area contributed by atoms with Gasteiger partial charge in [0.2, 0.25) is 0 Å². The Morgan fingerprint density at radius 2 is 1.15 bits per heavy atom. The fourth-order valence-corrected chi connectivity index (χ4v) is 3.25. The van der Waals surface area contributed by atoms with Gasteiger partial charge in [-0.15, -0.1) is 0 Å². The van der Waals surface area contributed by atoms with Gasteiger partial charge in [0.25, 0.3) is 0 Å². The van der Waals surface area contributed by atoms with Crippen LogP contribution in [0.25, 0.3) is 32.3 Å². The average Bonchev–Trinajstić information content (AvgIpc) is 2.50. The van der Waals surface area contributed by atoms with E-state index in [9.17, 15) is 0 Å². The minimum Gasteiger partial charge on any atom is -0.261 e. The van der Waals surface area contributed by atoms with Gasteiger partial charge in [-0.3, -0.25) is 4.98 Å². The summed E-state index contributed by atoms with van der Waals surface area (Å²) >= 11 is 0. The van der Waals surface area contributed by atoms with Gasteiger partial charge in [-0.25, -0.2) is 0 Å². The Balaban J connectivity index is 2.49. The molecule has 0 atom stereocenters. The van der Waals surface area contributed by atoms with E-state index in [2.05, 4.69) is 67.4 Å². The highest BCUT2D eigenvalue weighted by Gasteiger charge is 2.11. The van der Waals surface area contributed by atoms with Gasteiger partial charge in [0.15, 0.2) is 0 Å². The first-order valence-electron chi connectivity index (χ1n) is 6.93. The van der Waals surface area contributed by atoms with Crippen LogP contribution in [0.2, 0.25) is 0 Å². The van der Waals surface area contributed by atoms with Crippen molar-refractivity contribution in [2.75, 3.05) is 0 Å². The highest BCUT2D eigenvalue weighted by Crippen LogP contribution is 2.37.